The highest BCUT2D eigenvalue weighted by Crippen LogP contribution is 2.39. The Kier molecular flexibility index (Phi) is 5.85. The van der Waals surface area contributed by atoms with Gasteiger partial charge < -0.3 is 14.2 Å². The molecular formula is C19H22N4O3S. The number of hydrogen-bond acceptors (Lipinski definition) is 7. The minimum Gasteiger partial charge on any atom is -0.493 e. The molecule has 142 valence electrons. The van der Waals surface area contributed by atoms with Crippen molar-refractivity contribution in [3.8, 4) is 22.9 Å². The van der Waals surface area contributed by atoms with Gasteiger partial charge in [0.2, 0.25) is 10.9 Å². The van der Waals surface area contributed by atoms with Crippen LogP contribution < -0.4 is 14.2 Å². The Labute approximate surface area is 162 Å². The third-order valence-corrected chi connectivity index (χ3v) is 5.10. The zero-order valence-corrected chi connectivity index (χ0v) is 16.8. The van der Waals surface area contributed by atoms with Crippen molar-refractivity contribution in [1.82, 2.24) is 20.2 Å². The smallest absolute Gasteiger partial charge is 0.214 e. The highest BCUT2D eigenvalue weighted by molar-refractivity contribution is 7.98. The standard InChI is InChI=1S/C19H22N4O3S/c1-12-6-7-15(13(2)8-12)23-19(20-21-22-23)27-11-14-9-16(24-3)18(26-5)17(10-14)25-4/h6-10H,11H2,1-5H3. The van der Waals surface area contributed by atoms with Gasteiger partial charge in [-0.25, -0.2) is 0 Å². The number of rotatable bonds is 7. The average Bonchev–Trinajstić information content (AvgIpc) is 3.13. The molecule has 0 bridgehead atoms. The fourth-order valence-corrected chi connectivity index (χ4v) is 3.64. The molecule has 0 fully saturated rings. The third kappa shape index (κ3) is 4.00. The van der Waals surface area contributed by atoms with Gasteiger partial charge >= 0.3 is 0 Å². The van der Waals surface area contributed by atoms with Crippen LogP contribution in [-0.2, 0) is 5.75 Å². The molecule has 0 N–H and O–H groups in total. The first-order valence-electron chi connectivity index (χ1n) is 8.35. The Balaban J connectivity index is 1.85. The lowest BCUT2D eigenvalue weighted by Crippen LogP contribution is -2.02. The van der Waals surface area contributed by atoms with Crippen molar-refractivity contribution < 1.29 is 14.2 Å². The number of nitrogens with zero attached hydrogens (tertiary/aromatic N) is 4. The van der Waals surface area contributed by atoms with E-state index in [9.17, 15) is 0 Å². The number of tetrazole rings is 1. The van der Waals surface area contributed by atoms with E-state index in [2.05, 4.69) is 41.5 Å². The molecule has 0 radical (unpaired) electrons. The largest absolute Gasteiger partial charge is 0.493 e. The number of methoxy groups -OCH3 is 3. The van der Waals surface area contributed by atoms with Crippen LogP contribution in [0.15, 0.2) is 35.5 Å². The summed E-state index contributed by atoms with van der Waals surface area (Å²) in [6, 6.07) is 10.1. The predicted octanol–water partition coefficient (Wildman–Crippen LogP) is 3.60. The fourth-order valence-electron chi connectivity index (χ4n) is 2.83. The summed E-state index contributed by atoms with van der Waals surface area (Å²) in [5.41, 5.74) is 4.32. The molecule has 7 nitrogen and oxygen atoms in total. The van der Waals surface area contributed by atoms with Crippen LogP contribution >= 0.6 is 11.8 Å². The lowest BCUT2D eigenvalue weighted by molar-refractivity contribution is 0.324. The zero-order chi connectivity index (χ0) is 19.4. The Bertz CT molecular complexity index is 917. The molecule has 27 heavy (non-hydrogen) atoms. The minimum atomic E-state index is 0.578. The number of benzene rings is 2. The summed E-state index contributed by atoms with van der Waals surface area (Å²) < 4.78 is 18.0. The molecule has 0 aliphatic heterocycles. The molecule has 2 aromatic carbocycles. The van der Waals surface area contributed by atoms with E-state index in [0.717, 1.165) is 22.0 Å². The Morgan fingerprint density at radius 3 is 2.26 bits per heavy atom. The summed E-state index contributed by atoms with van der Waals surface area (Å²) in [7, 11) is 4.80. The van der Waals surface area contributed by atoms with Crippen LogP contribution in [0, 0.1) is 13.8 Å². The van der Waals surface area contributed by atoms with Gasteiger partial charge in [-0.3, -0.25) is 0 Å². The fraction of sp³-hybridized carbons (Fsp3) is 0.316. The van der Waals surface area contributed by atoms with Crippen LogP contribution in [0.3, 0.4) is 0 Å². The molecule has 1 aromatic heterocycles. The van der Waals surface area contributed by atoms with Gasteiger partial charge in [0.25, 0.3) is 0 Å². The van der Waals surface area contributed by atoms with E-state index in [0.29, 0.717) is 23.0 Å². The molecule has 0 aliphatic rings. The number of aryl methyl sites for hydroxylation is 2. The number of ether oxygens (including phenoxy) is 3. The monoisotopic (exact) mass is 386 g/mol. The maximum absolute atomic E-state index is 5.42. The van der Waals surface area contributed by atoms with Crippen LogP contribution in [-0.4, -0.2) is 41.5 Å². The molecule has 3 aromatic rings. The Morgan fingerprint density at radius 2 is 1.67 bits per heavy atom. The van der Waals surface area contributed by atoms with Crippen LogP contribution in [0.25, 0.3) is 5.69 Å². The molecule has 0 unspecified atom stereocenters. The van der Waals surface area contributed by atoms with Crippen molar-refractivity contribution >= 4 is 11.8 Å². The minimum absolute atomic E-state index is 0.578. The van der Waals surface area contributed by atoms with Crippen molar-refractivity contribution in [2.75, 3.05) is 21.3 Å². The first kappa shape index (κ1) is 19.0. The number of thioether (sulfide) groups is 1. The highest BCUT2D eigenvalue weighted by atomic mass is 32.2. The Hall–Kier alpha value is -2.74. The van der Waals surface area contributed by atoms with Gasteiger partial charge in [-0.05, 0) is 53.6 Å². The van der Waals surface area contributed by atoms with Crippen LogP contribution in [0.1, 0.15) is 16.7 Å². The molecule has 0 amide bonds. The molecule has 0 spiro atoms. The van der Waals surface area contributed by atoms with Crippen LogP contribution in [0.2, 0.25) is 0 Å². The second-order valence-corrected chi connectivity index (χ2v) is 6.93. The summed E-state index contributed by atoms with van der Waals surface area (Å²) in [5.74, 6) is 2.49. The number of aromatic nitrogens is 4. The van der Waals surface area contributed by atoms with Crippen molar-refractivity contribution in [3.05, 3.63) is 47.0 Å². The highest BCUT2D eigenvalue weighted by Gasteiger charge is 2.15. The quantitative estimate of drug-likeness (QED) is 0.575. The summed E-state index contributed by atoms with van der Waals surface area (Å²) in [4.78, 5) is 0. The summed E-state index contributed by atoms with van der Waals surface area (Å²) in [5, 5.41) is 12.9. The first-order valence-corrected chi connectivity index (χ1v) is 9.33. The van der Waals surface area contributed by atoms with Gasteiger partial charge in [0, 0.05) is 5.75 Å². The summed E-state index contributed by atoms with van der Waals surface area (Å²) in [6.07, 6.45) is 0. The molecule has 1 heterocycles. The second kappa shape index (κ2) is 8.30. The van der Waals surface area contributed by atoms with Gasteiger partial charge in [-0.2, -0.15) is 4.68 Å². The van der Waals surface area contributed by atoms with Gasteiger partial charge in [0.05, 0.1) is 27.0 Å². The van der Waals surface area contributed by atoms with E-state index in [1.807, 2.05) is 18.2 Å². The first-order chi connectivity index (χ1) is 13.1. The average molecular weight is 386 g/mol. The zero-order valence-electron chi connectivity index (χ0n) is 16.0. The van der Waals surface area contributed by atoms with E-state index < -0.39 is 0 Å². The topological polar surface area (TPSA) is 71.3 Å². The van der Waals surface area contributed by atoms with Crippen molar-refractivity contribution in [1.29, 1.82) is 0 Å². The van der Waals surface area contributed by atoms with Gasteiger partial charge in [-0.15, -0.1) is 5.10 Å². The molecule has 0 saturated heterocycles. The van der Waals surface area contributed by atoms with E-state index in [4.69, 9.17) is 14.2 Å². The second-order valence-electron chi connectivity index (χ2n) is 5.99. The van der Waals surface area contributed by atoms with Crippen molar-refractivity contribution in [2.45, 2.75) is 24.8 Å². The molecule has 8 heteroatoms. The normalized spacial score (nSPS) is 10.7. The number of hydrogen-bond donors (Lipinski definition) is 0. The van der Waals surface area contributed by atoms with Crippen LogP contribution in [0.4, 0.5) is 0 Å². The van der Waals surface area contributed by atoms with E-state index >= 15 is 0 Å². The summed E-state index contributed by atoms with van der Waals surface area (Å²) in [6.45, 7) is 4.12. The molecule has 0 saturated carbocycles. The van der Waals surface area contributed by atoms with Crippen molar-refractivity contribution in [3.63, 3.8) is 0 Å². The van der Waals surface area contributed by atoms with Gasteiger partial charge in [-0.1, -0.05) is 29.5 Å². The molecule has 0 aliphatic carbocycles. The predicted molar refractivity (Wildman–Crippen MR) is 104 cm³/mol. The summed E-state index contributed by atoms with van der Waals surface area (Å²) >= 11 is 1.54. The van der Waals surface area contributed by atoms with Gasteiger partial charge in [0.15, 0.2) is 11.5 Å². The third-order valence-electron chi connectivity index (χ3n) is 4.11. The maximum Gasteiger partial charge on any atom is 0.214 e. The van der Waals surface area contributed by atoms with E-state index in [-0.39, 0.29) is 0 Å². The van der Waals surface area contributed by atoms with E-state index in [1.54, 1.807) is 37.8 Å². The van der Waals surface area contributed by atoms with Gasteiger partial charge in [0.1, 0.15) is 0 Å². The Morgan fingerprint density at radius 1 is 0.963 bits per heavy atom. The lowest BCUT2D eigenvalue weighted by Gasteiger charge is -2.14. The van der Waals surface area contributed by atoms with Crippen molar-refractivity contribution in [2.24, 2.45) is 0 Å². The molecular weight excluding hydrogens is 364 g/mol. The molecule has 0 atom stereocenters. The maximum atomic E-state index is 5.42. The lowest BCUT2D eigenvalue weighted by atomic mass is 10.1. The molecule has 3 rings (SSSR count). The van der Waals surface area contributed by atoms with Crippen LogP contribution in [0.5, 0.6) is 17.2 Å². The van der Waals surface area contributed by atoms with E-state index in [1.165, 1.54) is 5.56 Å². The SMILES string of the molecule is COc1cc(CSc2nnnn2-c2ccc(C)cc2C)cc(OC)c1OC.